The number of hydrogen-bond donors (Lipinski definition) is 2. The molecule has 5 heteroatoms. The van der Waals surface area contributed by atoms with Crippen LogP contribution >= 0.6 is 27.7 Å². The summed E-state index contributed by atoms with van der Waals surface area (Å²) in [5.41, 5.74) is 5.76. The van der Waals surface area contributed by atoms with Gasteiger partial charge in [0.15, 0.2) is 5.96 Å². The molecule has 1 aromatic carbocycles. The first kappa shape index (κ1) is 15.4. The zero-order valence-corrected chi connectivity index (χ0v) is 13.4. The minimum absolute atomic E-state index is 0.322. The Kier molecular flexibility index (Phi) is 6.57. The van der Waals surface area contributed by atoms with E-state index in [-0.39, 0.29) is 0 Å². The highest BCUT2D eigenvalue weighted by molar-refractivity contribution is 9.10. The lowest BCUT2D eigenvalue weighted by Crippen LogP contribution is -2.37. The second kappa shape index (κ2) is 7.69. The lowest BCUT2D eigenvalue weighted by atomic mass is 10.4. The number of benzene rings is 1. The van der Waals surface area contributed by atoms with Crippen LogP contribution in [-0.4, -0.2) is 23.8 Å². The third-order valence-corrected chi connectivity index (χ3v) is 3.73. The van der Waals surface area contributed by atoms with Crippen LogP contribution in [0, 0.1) is 0 Å². The molecule has 1 aromatic rings. The summed E-state index contributed by atoms with van der Waals surface area (Å²) in [6, 6.07) is 8.62. The molecule has 0 amide bonds. The molecule has 1 atom stereocenters. The van der Waals surface area contributed by atoms with Crippen molar-refractivity contribution in [2.24, 2.45) is 10.7 Å². The van der Waals surface area contributed by atoms with Crippen molar-refractivity contribution in [1.82, 2.24) is 5.32 Å². The average Bonchev–Trinajstić information content (AvgIpc) is 2.29. The third-order valence-electron chi connectivity index (χ3n) is 2.11. The number of aliphatic imine (C=N–C) groups is 1. The van der Waals surface area contributed by atoms with Crippen LogP contribution < -0.4 is 11.1 Å². The predicted molar refractivity (Wildman–Crippen MR) is 84.2 cm³/mol. The van der Waals surface area contributed by atoms with Gasteiger partial charge in [-0.1, -0.05) is 22.9 Å². The zero-order valence-electron chi connectivity index (χ0n) is 11.0. The minimum atomic E-state index is 0.322. The summed E-state index contributed by atoms with van der Waals surface area (Å²) in [6.45, 7) is 6.95. The lowest BCUT2D eigenvalue weighted by molar-refractivity contribution is 0.723. The second-order valence-corrected chi connectivity index (χ2v) is 6.83. The Hall–Kier alpha value is -0.680. The molecule has 0 radical (unpaired) electrons. The molecule has 0 aliphatic carbocycles. The van der Waals surface area contributed by atoms with E-state index in [1.807, 2.05) is 26.0 Å². The van der Waals surface area contributed by atoms with Gasteiger partial charge in [0.05, 0.1) is 6.54 Å². The molecule has 0 aliphatic heterocycles. The lowest BCUT2D eigenvalue weighted by Gasteiger charge is -2.11. The molecule has 0 saturated heterocycles. The highest BCUT2D eigenvalue weighted by Crippen LogP contribution is 2.24. The zero-order chi connectivity index (χ0) is 13.5. The molecule has 0 aromatic heterocycles. The molecular weight excluding hydrogens is 310 g/mol. The Bertz CT molecular complexity index is 390. The van der Waals surface area contributed by atoms with Crippen LogP contribution in [-0.2, 0) is 0 Å². The molecule has 18 heavy (non-hydrogen) atoms. The molecule has 3 nitrogen and oxygen atoms in total. The Morgan fingerprint density at radius 3 is 2.50 bits per heavy atom. The molecule has 1 rings (SSSR count). The smallest absolute Gasteiger partial charge is 0.188 e. The Labute approximate surface area is 122 Å². The van der Waals surface area contributed by atoms with Crippen molar-refractivity contribution >= 4 is 33.7 Å². The molecule has 0 aliphatic rings. The fourth-order valence-electron chi connectivity index (χ4n) is 1.35. The Morgan fingerprint density at radius 2 is 1.94 bits per heavy atom. The van der Waals surface area contributed by atoms with Crippen molar-refractivity contribution in [2.75, 3.05) is 6.54 Å². The van der Waals surface area contributed by atoms with Crippen molar-refractivity contribution in [3.63, 3.8) is 0 Å². The fraction of sp³-hybridized carbons (Fsp3) is 0.462. The number of hydrogen-bond acceptors (Lipinski definition) is 2. The number of thioether (sulfide) groups is 1. The standard InChI is InChI=1S/C13H20BrN3S/c1-9(2)17-13(15)16-8-10(3)18-12-6-4-11(14)5-7-12/h4-7,9-10H,8H2,1-3H3,(H3,15,16,17). The molecular formula is C13H20BrN3S. The molecule has 0 bridgehead atoms. The largest absolute Gasteiger partial charge is 0.370 e. The van der Waals surface area contributed by atoms with Gasteiger partial charge in [0.1, 0.15) is 0 Å². The van der Waals surface area contributed by atoms with Crippen LogP contribution in [0.25, 0.3) is 0 Å². The number of guanidine groups is 1. The second-order valence-electron chi connectivity index (χ2n) is 4.41. The number of nitrogens with two attached hydrogens (primary N) is 1. The fourth-order valence-corrected chi connectivity index (χ4v) is 2.52. The van der Waals surface area contributed by atoms with Crippen LogP contribution in [0.15, 0.2) is 38.6 Å². The van der Waals surface area contributed by atoms with Crippen LogP contribution in [0.4, 0.5) is 0 Å². The number of halogens is 1. The van der Waals surface area contributed by atoms with E-state index < -0.39 is 0 Å². The van der Waals surface area contributed by atoms with Gasteiger partial charge in [0.2, 0.25) is 0 Å². The summed E-state index contributed by atoms with van der Waals surface area (Å²) in [5, 5.41) is 3.48. The third kappa shape index (κ3) is 6.31. The quantitative estimate of drug-likeness (QED) is 0.495. The van der Waals surface area contributed by atoms with Gasteiger partial charge in [0, 0.05) is 20.7 Å². The van der Waals surface area contributed by atoms with Crippen molar-refractivity contribution in [2.45, 2.75) is 37.0 Å². The van der Waals surface area contributed by atoms with Crippen molar-refractivity contribution in [3.8, 4) is 0 Å². The summed E-state index contributed by atoms with van der Waals surface area (Å²) in [5.74, 6) is 0.522. The van der Waals surface area contributed by atoms with Gasteiger partial charge in [-0.15, -0.1) is 11.8 Å². The number of rotatable bonds is 5. The normalized spacial score (nSPS) is 13.7. The summed E-state index contributed by atoms with van der Waals surface area (Å²) in [6.07, 6.45) is 0. The highest BCUT2D eigenvalue weighted by Gasteiger charge is 2.04. The van der Waals surface area contributed by atoms with Gasteiger partial charge in [-0.2, -0.15) is 0 Å². The molecule has 100 valence electrons. The summed E-state index contributed by atoms with van der Waals surface area (Å²) in [4.78, 5) is 5.58. The Balaban J connectivity index is 2.42. The van der Waals surface area contributed by atoms with Gasteiger partial charge in [-0.05, 0) is 38.1 Å². The average molecular weight is 330 g/mol. The first-order valence-electron chi connectivity index (χ1n) is 5.96. The van der Waals surface area contributed by atoms with E-state index in [9.17, 15) is 0 Å². The van der Waals surface area contributed by atoms with Crippen molar-refractivity contribution < 1.29 is 0 Å². The van der Waals surface area contributed by atoms with Gasteiger partial charge >= 0.3 is 0 Å². The topological polar surface area (TPSA) is 50.4 Å². The van der Waals surface area contributed by atoms with E-state index >= 15 is 0 Å². The number of nitrogens with one attached hydrogen (secondary N) is 1. The minimum Gasteiger partial charge on any atom is -0.370 e. The van der Waals surface area contributed by atoms with Gasteiger partial charge in [-0.25, -0.2) is 0 Å². The maximum absolute atomic E-state index is 5.76. The van der Waals surface area contributed by atoms with Gasteiger partial charge in [-0.3, -0.25) is 4.99 Å². The first-order chi connectivity index (χ1) is 8.47. The summed E-state index contributed by atoms with van der Waals surface area (Å²) >= 11 is 5.23. The Morgan fingerprint density at radius 1 is 1.33 bits per heavy atom. The van der Waals surface area contributed by atoms with E-state index in [1.54, 1.807) is 11.8 Å². The van der Waals surface area contributed by atoms with Gasteiger partial charge < -0.3 is 11.1 Å². The van der Waals surface area contributed by atoms with Crippen LogP contribution in [0.3, 0.4) is 0 Å². The maximum Gasteiger partial charge on any atom is 0.188 e. The van der Waals surface area contributed by atoms with Crippen LogP contribution in [0.5, 0.6) is 0 Å². The van der Waals surface area contributed by atoms with E-state index in [0.717, 1.165) is 4.47 Å². The highest BCUT2D eigenvalue weighted by atomic mass is 79.9. The molecule has 0 fully saturated rings. The molecule has 0 spiro atoms. The monoisotopic (exact) mass is 329 g/mol. The molecule has 3 N–H and O–H groups in total. The van der Waals surface area contributed by atoms with E-state index in [2.05, 4.69) is 45.3 Å². The van der Waals surface area contributed by atoms with E-state index in [0.29, 0.717) is 23.8 Å². The van der Waals surface area contributed by atoms with E-state index in [1.165, 1.54) is 4.90 Å². The summed E-state index contributed by atoms with van der Waals surface area (Å²) in [7, 11) is 0. The molecule has 1 unspecified atom stereocenters. The summed E-state index contributed by atoms with van der Waals surface area (Å²) < 4.78 is 1.10. The SMILES string of the molecule is CC(C)NC(N)=NCC(C)Sc1ccc(Br)cc1. The van der Waals surface area contributed by atoms with Crippen LogP contribution in [0.1, 0.15) is 20.8 Å². The molecule has 0 saturated carbocycles. The molecule has 0 heterocycles. The van der Waals surface area contributed by atoms with Crippen LogP contribution in [0.2, 0.25) is 0 Å². The maximum atomic E-state index is 5.76. The van der Waals surface area contributed by atoms with E-state index in [4.69, 9.17) is 5.73 Å². The first-order valence-corrected chi connectivity index (χ1v) is 7.63. The van der Waals surface area contributed by atoms with Crippen molar-refractivity contribution in [1.29, 1.82) is 0 Å². The van der Waals surface area contributed by atoms with Gasteiger partial charge in [0.25, 0.3) is 0 Å². The predicted octanol–water partition coefficient (Wildman–Crippen LogP) is 3.24. The number of nitrogens with zero attached hydrogens (tertiary/aromatic N) is 1. The van der Waals surface area contributed by atoms with Crippen molar-refractivity contribution in [3.05, 3.63) is 28.7 Å².